The number of rotatable bonds is 0. The summed E-state index contributed by atoms with van der Waals surface area (Å²) in [5, 5.41) is 9.63. The van der Waals surface area contributed by atoms with Gasteiger partial charge in [0, 0.05) is 0 Å². The highest BCUT2D eigenvalue weighted by molar-refractivity contribution is 4.78. The molecule has 2 aliphatic carbocycles. The predicted molar refractivity (Wildman–Crippen MR) is 49.9 cm³/mol. The highest BCUT2D eigenvalue weighted by Crippen LogP contribution is 2.36. The van der Waals surface area contributed by atoms with E-state index in [9.17, 15) is 5.11 Å². The van der Waals surface area contributed by atoms with Crippen LogP contribution in [0.25, 0.3) is 0 Å². The van der Waals surface area contributed by atoms with E-state index in [0.717, 1.165) is 24.7 Å². The first-order chi connectivity index (χ1) is 5.84. The Hall–Kier alpha value is -0.0400. The second kappa shape index (κ2) is 3.78. The predicted octanol–water partition coefficient (Wildman–Crippen LogP) is 2.73. The van der Waals surface area contributed by atoms with E-state index >= 15 is 0 Å². The van der Waals surface area contributed by atoms with Gasteiger partial charge in [0.25, 0.3) is 0 Å². The van der Waals surface area contributed by atoms with Crippen LogP contribution in [0.3, 0.4) is 0 Å². The zero-order chi connectivity index (χ0) is 8.39. The van der Waals surface area contributed by atoms with Gasteiger partial charge in [-0.25, -0.2) is 0 Å². The van der Waals surface area contributed by atoms with Gasteiger partial charge < -0.3 is 5.11 Å². The fourth-order valence-electron chi connectivity index (χ4n) is 2.98. The first kappa shape index (κ1) is 8.55. The van der Waals surface area contributed by atoms with E-state index in [1.165, 1.54) is 38.5 Å². The summed E-state index contributed by atoms with van der Waals surface area (Å²) >= 11 is 0. The van der Waals surface area contributed by atoms with Crippen LogP contribution < -0.4 is 0 Å². The third kappa shape index (κ3) is 2.01. The monoisotopic (exact) mass is 168 g/mol. The summed E-state index contributed by atoms with van der Waals surface area (Å²) in [6, 6.07) is 0. The molecule has 70 valence electrons. The topological polar surface area (TPSA) is 20.2 Å². The molecule has 0 aromatic heterocycles. The van der Waals surface area contributed by atoms with E-state index in [-0.39, 0.29) is 6.10 Å². The van der Waals surface area contributed by atoms with Gasteiger partial charge in [-0.2, -0.15) is 0 Å². The van der Waals surface area contributed by atoms with Gasteiger partial charge in [0.05, 0.1) is 6.10 Å². The van der Waals surface area contributed by atoms with E-state index in [1.807, 2.05) is 0 Å². The molecule has 12 heavy (non-hydrogen) atoms. The normalized spacial score (nSPS) is 43.2. The summed E-state index contributed by atoms with van der Waals surface area (Å²) < 4.78 is 0. The summed E-state index contributed by atoms with van der Waals surface area (Å²) in [5.74, 6) is 1.81. The molecular formula is C11H20O. The number of hydrogen-bond acceptors (Lipinski definition) is 1. The molecule has 2 saturated carbocycles. The van der Waals surface area contributed by atoms with E-state index in [2.05, 4.69) is 0 Å². The molecule has 2 aliphatic rings. The molecular weight excluding hydrogens is 148 g/mol. The molecule has 0 aromatic rings. The molecule has 2 bridgehead atoms. The molecule has 0 radical (unpaired) electrons. The first-order valence-electron chi connectivity index (χ1n) is 5.52. The van der Waals surface area contributed by atoms with Gasteiger partial charge in [-0.1, -0.05) is 25.7 Å². The van der Waals surface area contributed by atoms with Crippen molar-refractivity contribution in [3.63, 3.8) is 0 Å². The Labute approximate surface area is 75.2 Å². The summed E-state index contributed by atoms with van der Waals surface area (Å²) in [6.45, 7) is 0. The lowest BCUT2D eigenvalue weighted by atomic mass is 9.92. The van der Waals surface area contributed by atoms with Gasteiger partial charge in [0.15, 0.2) is 0 Å². The van der Waals surface area contributed by atoms with E-state index in [0.29, 0.717) is 0 Å². The third-order valence-corrected chi connectivity index (χ3v) is 3.65. The van der Waals surface area contributed by atoms with E-state index in [1.54, 1.807) is 0 Å². The molecule has 2 rings (SSSR count). The highest BCUT2D eigenvalue weighted by Gasteiger charge is 2.26. The summed E-state index contributed by atoms with van der Waals surface area (Å²) in [5.41, 5.74) is 0. The Bertz CT molecular complexity index is 144. The Morgan fingerprint density at radius 2 is 1.50 bits per heavy atom. The Kier molecular flexibility index (Phi) is 2.69. The lowest BCUT2D eigenvalue weighted by Crippen LogP contribution is -2.10. The van der Waals surface area contributed by atoms with Crippen molar-refractivity contribution in [2.75, 3.05) is 0 Å². The van der Waals surface area contributed by atoms with Gasteiger partial charge >= 0.3 is 0 Å². The number of aliphatic hydroxyl groups excluding tert-OH is 1. The minimum Gasteiger partial charge on any atom is -0.393 e. The molecule has 1 N–H and O–H groups in total. The van der Waals surface area contributed by atoms with Crippen molar-refractivity contribution in [1.82, 2.24) is 0 Å². The molecule has 1 unspecified atom stereocenters. The molecule has 3 atom stereocenters. The van der Waals surface area contributed by atoms with Crippen molar-refractivity contribution in [2.24, 2.45) is 11.8 Å². The van der Waals surface area contributed by atoms with Crippen LogP contribution in [-0.4, -0.2) is 11.2 Å². The SMILES string of the molecule is O[C@H]1CCC2CCCC[C@H](C2)C1. The van der Waals surface area contributed by atoms with Crippen molar-refractivity contribution in [3.05, 3.63) is 0 Å². The molecule has 1 heteroatoms. The Morgan fingerprint density at radius 3 is 2.33 bits per heavy atom. The maximum Gasteiger partial charge on any atom is 0.0543 e. The van der Waals surface area contributed by atoms with Crippen LogP contribution in [0, 0.1) is 11.8 Å². The standard InChI is InChI=1S/C11H20O/c12-11-6-5-9-3-1-2-4-10(7-9)8-11/h9-12H,1-8H2/t9?,10-,11+/m1/s1. The largest absolute Gasteiger partial charge is 0.393 e. The summed E-state index contributed by atoms with van der Waals surface area (Å²) in [7, 11) is 0. The molecule has 2 fully saturated rings. The van der Waals surface area contributed by atoms with Crippen LogP contribution >= 0.6 is 0 Å². The molecule has 0 aromatic carbocycles. The maximum atomic E-state index is 9.63. The quantitative estimate of drug-likeness (QED) is 0.589. The van der Waals surface area contributed by atoms with Gasteiger partial charge in [0.2, 0.25) is 0 Å². The summed E-state index contributed by atoms with van der Waals surface area (Å²) in [6.07, 6.45) is 10.6. The molecule has 0 heterocycles. The van der Waals surface area contributed by atoms with Crippen molar-refractivity contribution in [3.8, 4) is 0 Å². The summed E-state index contributed by atoms with van der Waals surface area (Å²) in [4.78, 5) is 0. The first-order valence-corrected chi connectivity index (χ1v) is 5.52. The molecule has 1 nitrogen and oxygen atoms in total. The van der Waals surface area contributed by atoms with Crippen LogP contribution in [0.5, 0.6) is 0 Å². The second-order valence-electron chi connectivity index (χ2n) is 4.72. The van der Waals surface area contributed by atoms with Crippen LogP contribution in [-0.2, 0) is 0 Å². The van der Waals surface area contributed by atoms with Crippen molar-refractivity contribution in [2.45, 2.75) is 57.5 Å². The number of aliphatic hydroxyl groups is 1. The lowest BCUT2D eigenvalue weighted by molar-refractivity contribution is 0.138. The zero-order valence-corrected chi connectivity index (χ0v) is 7.84. The minimum atomic E-state index is 0.0260. The fourth-order valence-corrected chi connectivity index (χ4v) is 2.98. The average molecular weight is 168 g/mol. The molecule has 0 aliphatic heterocycles. The van der Waals surface area contributed by atoms with E-state index < -0.39 is 0 Å². The van der Waals surface area contributed by atoms with Crippen molar-refractivity contribution < 1.29 is 5.11 Å². The van der Waals surface area contributed by atoms with Gasteiger partial charge in [-0.05, 0) is 37.5 Å². The van der Waals surface area contributed by atoms with Gasteiger partial charge in [-0.3, -0.25) is 0 Å². The zero-order valence-electron chi connectivity index (χ0n) is 7.84. The van der Waals surface area contributed by atoms with E-state index in [4.69, 9.17) is 0 Å². The lowest BCUT2D eigenvalue weighted by Gasteiger charge is -2.14. The smallest absolute Gasteiger partial charge is 0.0543 e. The average Bonchev–Trinajstić information content (AvgIpc) is 2.35. The fraction of sp³-hybridized carbons (Fsp3) is 1.00. The third-order valence-electron chi connectivity index (χ3n) is 3.65. The minimum absolute atomic E-state index is 0.0260. The van der Waals surface area contributed by atoms with Crippen LogP contribution in [0.15, 0.2) is 0 Å². The molecule has 0 spiro atoms. The molecule has 0 saturated heterocycles. The van der Waals surface area contributed by atoms with Gasteiger partial charge in [0.1, 0.15) is 0 Å². The maximum absolute atomic E-state index is 9.63. The molecule has 0 amide bonds. The van der Waals surface area contributed by atoms with Crippen molar-refractivity contribution in [1.29, 1.82) is 0 Å². The van der Waals surface area contributed by atoms with Crippen LogP contribution in [0.4, 0.5) is 0 Å². The van der Waals surface area contributed by atoms with Gasteiger partial charge in [-0.15, -0.1) is 0 Å². The Morgan fingerprint density at radius 1 is 0.750 bits per heavy atom. The van der Waals surface area contributed by atoms with Crippen molar-refractivity contribution >= 4 is 0 Å². The highest BCUT2D eigenvalue weighted by atomic mass is 16.3. The number of fused-ring (bicyclic) bond motifs is 2. The van der Waals surface area contributed by atoms with Crippen LogP contribution in [0.2, 0.25) is 0 Å². The Balaban J connectivity index is 1.99. The number of hydrogen-bond donors (Lipinski definition) is 1. The van der Waals surface area contributed by atoms with Crippen LogP contribution in [0.1, 0.15) is 51.4 Å². The second-order valence-corrected chi connectivity index (χ2v) is 4.72.